The van der Waals surface area contributed by atoms with Gasteiger partial charge in [-0.2, -0.15) is 4.98 Å². The van der Waals surface area contributed by atoms with Crippen molar-refractivity contribution in [2.45, 2.75) is 51.6 Å². The number of aromatic nitrogens is 2. The molecule has 0 aromatic carbocycles. The third-order valence-electron chi connectivity index (χ3n) is 4.81. The Labute approximate surface area is 120 Å². The van der Waals surface area contributed by atoms with Gasteiger partial charge in [0.25, 0.3) is 0 Å². The molecule has 20 heavy (non-hydrogen) atoms. The van der Waals surface area contributed by atoms with Gasteiger partial charge in [0.15, 0.2) is 0 Å². The van der Waals surface area contributed by atoms with E-state index in [0.29, 0.717) is 18.4 Å². The molecule has 112 valence electrons. The zero-order chi connectivity index (χ0) is 14.2. The molecule has 2 aliphatic rings. The van der Waals surface area contributed by atoms with Crippen LogP contribution in [0.2, 0.25) is 0 Å². The third-order valence-corrected chi connectivity index (χ3v) is 4.81. The molecule has 1 aromatic rings. The Bertz CT molecular complexity index is 448. The predicted octanol–water partition coefficient (Wildman–Crippen LogP) is 2.44. The van der Waals surface area contributed by atoms with Gasteiger partial charge in [0.05, 0.1) is 5.41 Å². The van der Waals surface area contributed by atoms with Crippen LogP contribution in [0.1, 0.15) is 57.9 Å². The van der Waals surface area contributed by atoms with Crippen molar-refractivity contribution in [1.82, 2.24) is 15.5 Å². The predicted molar refractivity (Wildman–Crippen MR) is 75.4 cm³/mol. The lowest BCUT2D eigenvalue weighted by Gasteiger charge is -2.28. The van der Waals surface area contributed by atoms with Crippen LogP contribution in [0.15, 0.2) is 4.52 Å². The van der Waals surface area contributed by atoms with Gasteiger partial charge in [0.2, 0.25) is 11.7 Å². The van der Waals surface area contributed by atoms with Crippen LogP contribution < -0.4 is 5.32 Å². The van der Waals surface area contributed by atoms with E-state index in [1.807, 2.05) is 6.92 Å². The summed E-state index contributed by atoms with van der Waals surface area (Å²) in [6.07, 6.45) is 3.52. The molecule has 1 saturated heterocycles. The fraction of sp³-hybridized carbons (Fsp3) is 0.867. The maximum absolute atomic E-state index is 5.82. The maximum atomic E-state index is 5.82. The minimum Gasteiger partial charge on any atom is -0.370 e. The van der Waals surface area contributed by atoms with Crippen molar-refractivity contribution in [2.75, 3.05) is 19.7 Å². The van der Waals surface area contributed by atoms with E-state index >= 15 is 0 Å². The SMILES string of the molecule is CCOC(c1noc(C2(C(C)C)CCNC2)n1)C1CC1. The Morgan fingerprint density at radius 2 is 2.25 bits per heavy atom. The second-order valence-corrected chi connectivity index (χ2v) is 6.41. The Balaban J connectivity index is 1.85. The van der Waals surface area contributed by atoms with Crippen molar-refractivity contribution in [3.8, 4) is 0 Å². The third kappa shape index (κ3) is 2.37. The average molecular weight is 279 g/mol. The molecule has 2 atom stereocenters. The molecule has 1 aromatic heterocycles. The van der Waals surface area contributed by atoms with Crippen LogP contribution in [0, 0.1) is 11.8 Å². The van der Waals surface area contributed by atoms with Crippen LogP contribution in [-0.2, 0) is 10.2 Å². The van der Waals surface area contributed by atoms with E-state index in [1.54, 1.807) is 0 Å². The second-order valence-electron chi connectivity index (χ2n) is 6.41. The highest BCUT2D eigenvalue weighted by Gasteiger charge is 2.45. The lowest BCUT2D eigenvalue weighted by atomic mass is 9.76. The summed E-state index contributed by atoms with van der Waals surface area (Å²) in [5, 5.41) is 7.66. The minimum absolute atomic E-state index is 0.00837. The summed E-state index contributed by atoms with van der Waals surface area (Å²) < 4.78 is 11.5. The average Bonchev–Trinajstić information content (AvgIpc) is 2.94. The summed E-state index contributed by atoms with van der Waals surface area (Å²) in [5.41, 5.74) is -0.00837. The lowest BCUT2D eigenvalue weighted by Crippen LogP contribution is -2.35. The molecule has 0 radical (unpaired) electrons. The van der Waals surface area contributed by atoms with Gasteiger partial charge in [-0.05, 0) is 44.6 Å². The number of ether oxygens (including phenoxy) is 1. The van der Waals surface area contributed by atoms with Crippen LogP contribution >= 0.6 is 0 Å². The molecule has 0 amide bonds. The van der Waals surface area contributed by atoms with E-state index in [9.17, 15) is 0 Å². The fourth-order valence-corrected chi connectivity index (χ4v) is 3.19. The zero-order valence-electron chi connectivity index (χ0n) is 12.7. The minimum atomic E-state index is -0.00837. The van der Waals surface area contributed by atoms with Gasteiger partial charge in [-0.15, -0.1) is 0 Å². The van der Waals surface area contributed by atoms with Crippen LogP contribution in [0.25, 0.3) is 0 Å². The van der Waals surface area contributed by atoms with Crippen molar-refractivity contribution >= 4 is 0 Å². The van der Waals surface area contributed by atoms with E-state index in [-0.39, 0.29) is 11.5 Å². The molecule has 2 unspecified atom stereocenters. The van der Waals surface area contributed by atoms with Gasteiger partial charge in [0.1, 0.15) is 6.10 Å². The van der Waals surface area contributed by atoms with Crippen molar-refractivity contribution in [1.29, 1.82) is 0 Å². The Kier molecular flexibility index (Phi) is 3.82. The Hall–Kier alpha value is -0.940. The summed E-state index contributed by atoms with van der Waals surface area (Å²) in [7, 11) is 0. The van der Waals surface area contributed by atoms with E-state index in [4.69, 9.17) is 14.2 Å². The fourth-order valence-electron chi connectivity index (χ4n) is 3.19. The van der Waals surface area contributed by atoms with Crippen LogP contribution in [-0.4, -0.2) is 29.8 Å². The van der Waals surface area contributed by atoms with Gasteiger partial charge in [-0.1, -0.05) is 19.0 Å². The van der Waals surface area contributed by atoms with Crippen molar-refractivity contribution < 1.29 is 9.26 Å². The number of hydrogen-bond acceptors (Lipinski definition) is 5. The van der Waals surface area contributed by atoms with Gasteiger partial charge < -0.3 is 14.6 Å². The monoisotopic (exact) mass is 279 g/mol. The summed E-state index contributed by atoms with van der Waals surface area (Å²) in [6, 6.07) is 0. The molecule has 1 N–H and O–H groups in total. The van der Waals surface area contributed by atoms with E-state index in [2.05, 4.69) is 24.3 Å². The number of hydrogen-bond donors (Lipinski definition) is 1. The highest BCUT2D eigenvalue weighted by Crippen LogP contribution is 2.43. The lowest BCUT2D eigenvalue weighted by molar-refractivity contribution is 0.0384. The maximum Gasteiger partial charge on any atom is 0.234 e. The van der Waals surface area contributed by atoms with Crippen molar-refractivity contribution in [3.63, 3.8) is 0 Å². The number of nitrogens with zero attached hydrogens (tertiary/aromatic N) is 2. The van der Waals surface area contributed by atoms with Gasteiger partial charge in [-0.3, -0.25) is 0 Å². The summed E-state index contributed by atoms with van der Waals surface area (Å²) in [6.45, 7) is 9.13. The topological polar surface area (TPSA) is 60.2 Å². The van der Waals surface area contributed by atoms with E-state index in [1.165, 1.54) is 12.8 Å². The van der Waals surface area contributed by atoms with Crippen molar-refractivity contribution in [2.24, 2.45) is 11.8 Å². The molecule has 5 heteroatoms. The molecular weight excluding hydrogens is 254 g/mol. The largest absolute Gasteiger partial charge is 0.370 e. The van der Waals surface area contributed by atoms with E-state index in [0.717, 1.165) is 31.2 Å². The Morgan fingerprint density at radius 1 is 1.45 bits per heavy atom. The highest BCUT2D eigenvalue weighted by molar-refractivity contribution is 5.13. The molecule has 2 fully saturated rings. The smallest absolute Gasteiger partial charge is 0.234 e. The molecule has 1 aliphatic carbocycles. The normalized spacial score (nSPS) is 28.2. The summed E-state index contributed by atoms with van der Waals surface area (Å²) in [5.74, 6) is 2.60. The zero-order valence-corrected chi connectivity index (χ0v) is 12.7. The van der Waals surface area contributed by atoms with Crippen molar-refractivity contribution in [3.05, 3.63) is 11.7 Å². The molecule has 0 spiro atoms. The first-order chi connectivity index (χ1) is 9.67. The second kappa shape index (κ2) is 5.45. The number of rotatable bonds is 6. The Morgan fingerprint density at radius 3 is 2.80 bits per heavy atom. The molecule has 1 aliphatic heterocycles. The van der Waals surface area contributed by atoms with E-state index < -0.39 is 0 Å². The first-order valence-electron chi connectivity index (χ1n) is 7.84. The van der Waals surface area contributed by atoms with Gasteiger partial charge >= 0.3 is 0 Å². The molecule has 5 nitrogen and oxygen atoms in total. The highest BCUT2D eigenvalue weighted by atomic mass is 16.5. The summed E-state index contributed by atoms with van der Waals surface area (Å²) in [4.78, 5) is 4.72. The van der Waals surface area contributed by atoms with Crippen LogP contribution in [0.3, 0.4) is 0 Å². The standard InChI is InChI=1S/C15H25N3O2/c1-4-19-12(11-5-6-11)13-17-14(20-18-13)15(10(2)3)7-8-16-9-15/h10-12,16H,4-9H2,1-3H3. The number of nitrogens with one attached hydrogen (secondary N) is 1. The molecule has 1 saturated carbocycles. The molecule has 3 rings (SSSR count). The van der Waals surface area contributed by atoms with Crippen LogP contribution in [0.5, 0.6) is 0 Å². The van der Waals surface area contributed by atoms with Gasteiger partial charge in [-0.25, -0.2) is 0 Å². The molecular formula is C15H25N3O2. The summed E-state index contributed by atoms with van der Waals surface area (Å²) >= 11 is 0. The quantitative estimate of drug-likeness (QED) is 0.866. The molecule has 2 heterocycles. The van der Waals surface area contributed by atoms with Crippen LogP contribution in [0.4, 0.5) is 0 Å². The van der Waals surface area contributed by atoms with Gasteiger partial charge in [0, 0.05) is 13.2 Å². The first-order valence-corrected chi connectivity index (χ1v) is 7.84. The first kappa shape index (κ1) is 14.0. The molecule has 0 bridgehead atoms.